The van der Waals surface area contributed by atoms with Gasteiger partial charge in [0.05, 0.1) is 7.11 Å². The van der Waals surface area contributed by atoms with Crippen molar-refractivity contribution < 1.29 is 23.0 Å². The van der Waals surface area contributed by atoms with Crippen LogP contribution in [0.25, 0.3) is 6.08 Å². The van der Waals surface area contributed by atoms with Gasteiger partial charge in [0.2, 0.25) is 5.91 Å². The number of alkyl halides is 2. The number of amides is 1. The molecule has 0 heterocycles. The van der Waals surface area contributed by atoms with Gasteiger partial charge in [-0.2, -0.15) is 8.78 Å². The zero-order valence-electron chi connectivity index (χ0n) is 15.4. The monoisotopic (exact) mass is 377 g/mol. The average Bonchev–Trinajstić information content (AvgIpc) is 2.58. The molecule has 4 nitrogen and oxygen atoms in total. The summed E-state index contributed by atoms with van der Waals surface area (Å²) in [4.78, 5) is 12.5. The molecule has 6 heteroatoms. The maximum atomic E-state index is 12.5. The molecule has 146 valence electrons. The van der Waals surface area contributed by atoms with Crippen molar-refractivity contribution in [2.45, 2.75) is 50.7 Å². The van der Waals surface area contributed by atoms with Crippen molar-refractivity contribution in [3.8, 4) is 11.5 Å². The molecule has 1 amide bonds. The lowest BCUT2D eigenvalue weighted by molar-refractivity contribution is -0.122. The summed E-state index contributed by atoms with van der Waals surface area (Å²) in [6.45, 7) is -2.91. The van der Waals surface area contributed by atoms with Crippen molar-refractivity contribution in [2.24, 2.45) is 17.8 Å². The van der Waals surface area contributed by atoms with E-state index in [0.29, 0.717) is 5.56 Å². The van der Waals surface area contributed by atoms with Gasteiger partial charge in [-0.05, 0) is 80.1 Å². The minimum absolute atomic E-state index is 0.0250. The molecular formula is C21H25F2NO3. The fourth-order valence-corrected chi connectivity index (χ4v) is 5.72. The van der Waals surface area contributed by atoms with Crippen LogP contribution < -0.4 is 14.8 Å². The molecule has 4 saturated carbocycles. The molecule has 1 aromatic rings. The first-order valence-electron chi connectivity index (χ1n) is 9.58. The highest BCUT2D eigenvalue weighted by Crippen LogP contribution is 2.55. The Labute approximate surface area is 157 Å². The molecule has 4 fully saturated rings. The topological polar surface area (TPSA) is 47.6 Å². The average molecular weight is 377 g/mol. The summed E-state index contributed by atoms with van der Waals surface area (Å²) in [7, 11) is 1.39. The summed E-state index contributed by atoms with van der Waals surface area (Å²) in [6.07, 6.45) is 10.5. The first-order chi connectivity index (χ1) is 12.9. The molecule has 1 N–H and O–H groups in total. The Morgan fingerprint density at radius 2 is 1.78 bits per heavy atom. The normalized spacial score (nSPS) is 31.5. The van der Waals surface area contributed by atoms with E-state index in [2.05, 4.69) is 10.1 Å². The third-order valence-electron chi connectivity index (χ3n) is 6.26. The first kappa shape index (κ1) is 18.3. The van der Waals surface area contributed by atoms with E-state index in [-0.39, 0.29) is 22.9 Å². The Kier molecular flexibility index (Phi) is 4.82. The van der Waals surface area contributed by atoms with Gasteiger partial charge < -0.3 is 14.8 Å². The highest BCUT2D eigenvalue weighted by molar-refractivity contribution is 5.92. The molecular weight excluding hydrogens is 352 g/mol. The molecule has 0 aromatic heterocycles. The van der Waals surface area contributed by atoms with Gasteiger partial charge in [-0.15, -0.1) is 0 Å². The van der Waals surface area contributed by atoms with E-state index < -0.39 is 6.61 Å². The smallest absolute Gasteiger partial charge is 0.387 e. The Morgan fingerprint density at radius 3 is 2.33 bits per heavy atom. The second kappa shape index (κ2) is 7.13. The van der Waals surface area contributed by atoms with Gasteiger partial charge in [0.25, 0.3) is 0 Å². The molecule has 0 aliphatic heterocycles. The number of hydrogen-bond acceptors (Lipinski definition) is 3. The van der Waals surface area contributed by atoms with Gasteiger partial charge >= 0.3 is 6.61 Å². The number of benzene rings is 1. The summed E-state index contributed by atoms with van der Waals surface area (Å²) in [5, 5.41) is 3.28. The Balaban J connectivity index is 1.41. The van der Waals surface area contributed by atoms with Crippen LogP contribution in [0.5, 0.6) is 11.5 Å². The molecule has 4 bridgehead atoms. The van der Waals surface area contributed by atoms with Crippen molar-refractivity contribution in [1.82, 2.24) is 5.32 Å². The predicted molar refractivity (Wildman–Crippen MR) is 97.7 cm³/mol. The molecule has 0 atom stereocenters. The van der Waals surface area contributed by atoms with Crippen LogP contribution in [0.1, 0.15) is 44.1 Å². The molecule has 0 saturated heterocycles. The van der Waals surface area contributed by atoms with E-state index in [1.807, 2.05) is 0 Å². The van der Waals surface area contributed by atoms with E-state index in [1.54, 1.807) is 18.2 Å². The molecule has 0 spiro atoms. The van der Waals surface area contributed by atoms with Crippen LogP contribution in [-0.2, 0) is 4.79 Å². The van der Waals surface area contributed by atoms with Crippen LogP contribution in [0.4, 0.5) is 8.78 Å². The van der Waals surface area contributed by atoms with Crippen LogP contribution in [0.3, 0.4) is 0 Å². The molecule has 5 rings (SSSR count). The summed E-state index contributed by atoms with van der Waals surface area (Å²) in [6, 6.07) is 4.61. The lowest BCUT2D eigenvalue weighted by Crippen LogP contribution is -2.59. The van der Waals surface area contributed by atoms with E-state index in [9.17, 15) is 13.6 Å². The van der Waals surface area contributed by atoms with Crippen LogP contribution in [0, 0.1) is 17.8 Å². The van der Waals surface area contributed by atoms with Crippen molar-refractivity contribution in [3.05, 3.63) is 29.8 Å². The number of halogens is 2. The molecule has 0 radical (unpaired) electrons. The van der Waals surface area contributed by atoms with E-state index in [1.165, 1.54) is 38.5 Å². The minimum Gasteiger partial charge on any atom is -0.493 e. The number of methoxy groups -OCH3 is 1. The summed E-state index contributed by atoms with van der Waals surface area (Å²) >= 11 is 0. The zero-order chi connectivity index (χ0) is 19.0. The largest absolute Gasteiger partial charge is 0.493 e. The lowest BCUT2D eigenvalue weighted by atomic mass is 9.53. The molecule has 0 unspecified atom stereocenters. The highest BCUT2D eigenvalue weighted by Gasteiger charge is 2.51. The third-order valence-corrected chi connectivity index (χ3v) is 6.26. The number of ether oxygens (including phenoxy) is 2. The predicted octanol–water partition coefficient (Wildman–Crippen LogP) is 4.39. The summed E-state index contributed by atoms with van der Waals surface area (Å²) < 4.78 is 34.3. The molecule has 1 aromatic carbocycles. The van der Waals surface area contributed by atoms with E-state index in [0.717, 1.165) is 37.0 Å². The zero-order valence-corrected chi connectivity index (χ0v) is 15.4. The van der Waals surface area contributed by atoms with Gasteiger partial charge in [-0.25, -0.2) is 0 Å². The second-order valence-electron chi connectivity index (χ2n) is 8.31. The van der Waals surface area contributed by atoms with Crippen LogP contribution >= 0.6 is 0 Å². The van der Waals surface area contributed by atoms with Gasteiger partial charge in [0, 0.05) is 11.6 Å². The standard InChI is InChI=1S/C21H25F2NO3/c1-26-18-9-13(2-4-17(18)27-20(22)23)3-5-19(25)24-21-10-14-6-15(11-21)8-16(7-14)12-21/h2-5,9,14-16,20H,6-8,10-12H2,1H3,(H,24,25). The second-order valence-corrected chi connectivity index (χ2v) is 8.31. The number of carbonyl (C=O) groups is 1. The van der Waals surface area contributed by atoms with E-state index >= 15 is 0 Å². The van der Waals surface area contributed by atoms with Crippen molar-refractivity contribution in [3.63, 3.8) is 0 Å². The van der Waals surface area contributed by atoms with E-state index in [4.69, 9.17) is 4.74 Å². The van der Waals surface area contributed by atoms with Crippen molar-refractivity contribution >= 4 is 12.0 Å². The Bertz CT molecular complexity index is 712. The number of nitrogens with one attached hydrogen (secondary N) is 1. The molecule has 4 aliphatic carbocycles. The lowest BCUT2D eigenvalue weighted by Gasteiger charge is -2.56. The van der Waals surface area contributed by atoms with Crippen LogP contribution in [0.15, 0.2) is 24.3 Å². The summed E-state index contributed by atoms with van der Waals surface area (Å²) in [5.74, 6) is 2.40. The van der Waals surface area contributed by atoms with Gasteiger partial charge in [0.15, 0.2) is 11.5 Å². The summed E-state index contributed by atoms with van der Waals surface area (Å²) in [5.41, 5.74) is 0.664. The molecule has 4 aliphatic rings. The number of rotatable bonds is 6. The number of hydrogen-bond donors (Lipinski definition) is 1. The maximum absolute atomic E-state index is 12.5. The minimum atomic E-state index is -2.91. The Hall–Kier alpha value is -2.11. The fourth-order valence-electron chi connectivity index (χ4n) is 5.72. The maximum Gasteiger partial charge on any atom is 0.387 e. The van der Waals surface area contributed by atoms with Crippen LogP contribution in [-0.4, -0.2) is 25.2 Å². The quantitative estimate of drug-likeness (QED) is 0.748. The van der Waals surface area contributed by atoms with Crippen LogP contribution in [0.2, 0.25) is 0 Å². The van der Waals surface area contributed by atoms with Crippen molar-refractivity contribution in [1.29, 1.82) is 0 Å². The number of carbonyl (C=O) groups excluding carboxylic acids is 1. The van der Waals surface area contributed by atoms with Crippen molar-refractivity contribution in [2.75, 3.05) is 7.11 Å². The van der Waals surface area contributed by atoms with Gasteiger partial charge in [-0.3, -0.25) is 4.79 Å². The van der Waals surface area contributed by atoms with Gasteiger partial charge in [-0.1, -0.05) is 6.07 Å². The SMILES string of the molecule is COc1cc(C=CC(=O)NC23CC4CC(CC(C4)C2)C3)ccc1OC(F)F. The molecule has 27 heavy (non-hydrogen) atoms. The first-order valence-corrected chi connectivity index (χ1v) is 9.58. The van der Waals surface area contributed by atoms with Gasteiger partial charge in [0.1, 0.15) is 0 Å². The highest BCUT2D eigenvalue weighted by atomic mass is 19.3. The third kappa shape index (κ3) is 3.94. The fraction of sp³-hybridized carbons (Fsp3) is 0.571. The Morgan fingerprint density at radius 1 is 1.15 bits per heavy atom.